The van der Waals surface area contributed by atoms with Gasteiger partial charge in [-0.25, -0.2) is 0 Å². The highest BCUT2D eigenvalue weighted by Crippen LogP contribution is 2.22. The fraction of sp³-hybridized carbons (Fsp3) is 0.467. The highest BCUT2D eigenvalue weighted by Gasteiger charge is 2.22. The van der Waals surface area contributed by atoms with Crippen molar-refractivity contribution >= 4 is 16.6 Å². The highest BCUT2D eigenvalue weighted by atomic mass is 15.1. The summed E-state index contributed by atoms with van der Waals surface area (Å²) in [6.07, 6.45) is 4.44. The molecule has 0 spiro atoms. The zero-order chi connectivity index (χ0) is 12.5. The standard InChI is InChI=1S/C15H21N3/c1-11-9-14(6-8-18(11)2)17-13-3-4-15-12(10-13)5-7-16-15/h3-5,7,10-11,14,16-17H,6,8-9H2,1-2H3. The van der Waals surface area contributed by atoms with Crippen LogP contribution in [0.4, 0.5) is 5.69 Å². The summed E-state index contributed by atoms with van der Waals surface area (Å²) >= 11 is 0. The molecular formula is C15H21N3. The summed E-state index contributed by atoms with van der Waals surface area (Å²) in [7, 11) is 2.22. The predicted molar refractivity (Wildman–Crippen MR) is 77.0 cm³/mol. The van der Waals surface area contributed by atoms with Crippen molar-refractivity contribution in [2.45, 2.75) is 31.8 Å². The van der Waals surface area contributed by atoms with Crippen molar-refractivity contribution in [1.82, 2.24) is 9.88 Å². The molecule has 1 aliphatic rings. The minimum absolute atomic E-state index is 0.604. The molecule has 3 nitrogen and oxygen atoms in total. The zero-order valence-electron chi connectivity index (χ0n) is 11.1. The number of fused-ring (bicyclic) bond motifs is 1. The maximum absolute atomic E-state index is 3.67. The number of rotatable bonds is 2. The number of piperidine rings is 1. The average molecular weight is 243 g/mol. The summed E-state index contributed by atoms with van der Waals surface area (Å²) < 4.78 is 0. The minimum Gasteiger partial charge on any atom is -0.382 e. The van der Waals surface area contributed by atoms with Crippen LogP contribution in [0.3, 0.4) is 0 Å². The number of nitrogens with zero attached hydrogens (tertiary/aromatic N) is 1. The van der Waals surface area contributed by atoms with Gasteiger partial charge in [-0.2, -0.15) is 0 Å². The van der Waals surface area contributed by atoms with E-state index in [2.05, 4.69) is 53.4 Å². The van der Waals surface area contributed by atoms with E-state index in [-0.39, 0.29) is 0 Å². The second-order valence-corrected chi connectivity index (χ2v) is 5.47. The van der Waals surface area contributed by atoms with E-state index in [1.165, 1.54) is 36.0 Å². The molecule has 0 aliphatic carbocycles. The molecule has 2 heterocycles. The van der Waals surface area contributed by atoms with Crippen LogP contribution < -0.4 is 5.32 Å². The molecule has 0 bridgehead atoms. The number of hydrogen-bond acceptors (Lipinski definition) is 2. The van der Waals surface area contributed by atoms with Gasteiger partial charge >= 0.3 is 0 Å². The van der Waals surface area contributed by atoms with Gasteiger partial charge in [-0.05, 0) is 51.1 Å². The van der Waals surface area contributed by atoms with Crippen LogP contribution >= 0.6 is 0 Å². The van der Waals surface area contributed by atoms with Crippen LogP contribution in [0.15, 0.2) is 30.5 Å². The summed E-state index contributed by atoms with van der Waals surface area (Å²) in [4.78, 5) is 5.67. The molecule has 96 valence electrons. The van der Waals surface area contributed by atoms with Crippen molar-refractivity contribution < 1.29 is 0 Å². The van der Waals surface area contributed by atoms with E-state index in [0.717, 1.165) is 0 Å². The second-order valence-electron chi connectivity index (χ2n) is 5.47. The number of aromatic amines is 1. The van der Waals surface area contributed by atoms with Crippen molar-refractivity contribution in [3.8, 4) is 0 Å². The first-order valence-electron chi connectivity index (χ1n) is 6.76. The Morgan fingerprint density at radius 1 is 1.33 bits per heavy atom. The molecule has 18 heavy (non-hydrogen) atoms. The molecule has 1 saturated heterocycles. The second kappa shape index (κ2) is 4.65. The molecule has 1 aliphatic heterocycles. The number of H-pyrrole nitrogens is 1. The molecule has 0 radical (unpaired) electrons. The van der Waals surface area contributed by atoms with Crippen molar-refractivity contribution in [3.63, 3.8) is 0 Å². The number of anilines is 1. The lowest BCUT2D eigenvalue weighted by molar-refractivity contribution is 0.190. The third kappa shape index (κ3) is 2.23. The van der Waals surface area contributed by atoms with E-state index >= 15 is 0 Å². The van der Waals surface area contributed by atoms with Gasteiger partial charge in [-0.3, -0.25) is 0 Å². The molecule has 1 fully saturated rings. The smallest absolute Gasteiger partial charge is 0.0455 e. The predicted octanol–water partition coefficient (Wildman–Crippen LogP) is 3.06. The number of nitrogens with one attached hydrogen (secondary N) is 2. The Balaban J connectivity index is 1.72. The summed E-state index contributed by atoms with van der Waals surface area (Å²) in [6.45, 7) is 3.49. The van der Waals surface area contributed by atoms with Crippen LogP contribution in [-0.2, 0) is 0 Å². The zero-order valence-corrected chi connectivity index (χ0v) is 11.1. The van der Waals surface area contributed by atoms with Crippen LogP contribution in [0.1, 0.15) is 19.8 Å². The molecule has 2 N–H and O–H groups in total. The third-order valence-electron chi connectivity index (χ3n) is 4.13. The molecule has 0 saturated carbocycles. The Morgan fingerprint density at radius 3 is 3.06 bits per heavy atom. The number of benzene rings is 1. The Kier molecular flexibility index (Phi) is 3.00. The van der Waals surface area contributed by atoms with Crippen LogP contribution in [0.25, 0.3) is 10.9 Å². The van der Waals surface area contributed by atoms with Crippen LogP contribution in [0.5, 0.6) is 0 Å². The molecule has 1 aromatic heterocycles. The average Bonchev–Trinajstić information content (AvgIpc) is 2.81. The van der Waals surface area contributed by atoms with E-state index in [0.29, 0.717) is 12.1 Å². The van der Waals surface area contributed by atoms with Gasteiger partial charge in [-0.1, -0.05) is 0 Å². The monoisotopic (exact) mass is 243 g/mol. The first kappa shape index (κ1) is 11.6. The lowest BCUT2D eigenvalue weighted by Gasteiger charge is -2.35. The summed E-state index contributed by atoms with van der Waals surface area (Å²) in [5.41, 5.74) is 2.45. The van der Waals surface area contributed by atoms with Crippen LogP contribution in [-0.4, -0.2) is 35.6 Å². The van der Waals surface area contributed by atoms with Crippen LogP contribution in [0.2, 0.25) is 0 Å². The Hall–Kier alpha value is -1.48. The van der Waals surface area contributed by atoms with Crippen molar-refractivity contribution in [2.24, 2.45) is 0 Å². The first-order valence-corrected chi connectivity index (χ1v) is 6.76. The lowest BCUT2D eigenvalue weighted by atomic mass is 9.98. The maximum Gasteiger partial charge on any atom is 0.0455 e. The Bertz CT molecular complexity index is 531. The molecule has 2 atom stereocenters. The summed E-state index contributed by atoms with van der Waals surface area (Å²) in [5, 5.41) is 4.95. The lowest BCUT2D eigenvalue weighted by Crippen LogP contribution is -2.42. The quantitative estimate of drug-likeness (QED) is 0.849. The van der Waals surface area contributed by atoms with E-state index < -0.39 is 0 Å². The van der Waals surface area contributed by atoms with Crippen molar-refractivity contribution in [2.75, 3.05) is 18.9 Å². The van der Waals surface area contributed by atoms with Gasteiger partial charge in [0.2, 0.25) is 0 Å². The molecule has 2 unspecified atom stereocenters. The van der Waals surface area contributed by atoms with Crippen molar-refractivity contribution in [3.05, 3.63) is 30.5 Å². The summed E-state index contributed by atoms with van der Waals surface area (Å²) in [6, 6.07) is 9.95. The molecular weight excluding hydrogens is 222 g/mol. The summed E-state index contributed by atoms with van der Waals surface area (Å²) in [5.74, 6) is 0. The SMILES string of the molecule is CC1CC(Nc2ccc3[nH]ccc3c2)CCN1C. The van der Waals surface area contributed by atoms with E-state index in [4.69, 9.17) is 0 Å². The minimum atomic E-state index is 0.604. The molecule has 3 heteroatoms. The van der Waals surface area contributed by atoms with Gasteiger partial charge < -0.3 is 15.2 Å². The maximum atomic E-state index is 3.67. The number of hydrogen-bond donors (Lipinski definition) is 2. The highest BCUT2D eigenvalue weighted by molar-refractivity contribution is 5.83. The number of aromatic nitrogens is 1. The topological polar surface area (TPSA) is 31.1 Å². The van der Waals surface area contributed by atoms with E-state index in [9.17, 15) is 0 Å². The van der Waals surface area contributed by atoms with Crippen LogP contribution in [0, 0.1) is 0 Å². The molecule has 1 aromatic carbocycles. The number of likely N-dealkylation sites (tertiary alicyclic amines) is 1. The van der Waals surface area contributed by atoms with Gasteiger partial charge in [0.05, 0.1) is 0 Å². The third-order valence-corrected chi connectivity index (χ3v) is 4.13. The first-order chi connectivity index (χ1) is 8.72. The molecule has 0 amide bonds. The molecule has 2 aromatic rings. The normalized spacial score (nSPS) is 25.4. The Morgan fingerprint density at radius 2 is 2.22 bits per heavy atom. The molecule has 3 rings (SSSR count). The van der Waals surface area contributed by atoms with Crippen molar-refractivity contribution in [1.29, 1.82) is 0 Å². The van der Waals surface area contributed by atoms with Gasteiger partial charge in [0.1, 0.15) is 0 Å². The van der Waals surface area contributed by atoms with Gasteiger partial charge in [0.15, 0.2) is 0 Å². The van der Waals surface area contributed by atoms with Gasteiger partial charge in [-0.15, -0.1) is 0 Å². The Labute approximate surface area is 108 Å². The van der Waals surface area contributed by atoms with E-state index in [1.54, 1.807) is 0 Å². The van der Waals surface area contributed by atoms with Gasteiger partial charge in [0.25, 0.3) is 0 Å². The fourth-order valence-corrected chi connectivity index (χ4v) is 2.80. The fourth-order valence-electron chi connectivity index (χ4n) is 2.80. The van der Waals surface area contributed by atoms with Gasteiger partial charge in [0, 0.05) is 41.4 Å². The largest absolute Gasteiger partial charge is 0.382 e. The van der Waals surface area contributed by atoms with E-state index in [1.807, 2.05) is 6.20 Å².